The lowest BCUT2D eigenvalue weighted by Crippen LogP contribution is -2.35. The van der Waals surface area contributed by atoms with Crippen molar-refractivity contribution in [3.05, 3.63) is 64.2 Å². The van der Waals surface area contributed by atoms with Gasteiger partial charge in [0.2, 0.25) is 6.79 Å². The maximum absolute atomic E-state index is 13.1. The van der Waals surface area contributed by atoms with Crippen molar-refractivity contribution in [1.82, 2.24) is 9.88 Å². The molecule has 3 heterocycles. The van der Waals surface area contributed by atoms with Gasteiger partial charge in [0.05, 0.1) is 5.69 Å². The summed E-state index contributed by atoms with van der Waals surface area (Å²) in [6, 6.07) is 14.0. The van der Waals surface area contributed by atoms with Crippen molar-refractivity contribution in [2.75, 3.05) is 13.3 Å². The molecule has 5 rings (SSSR count). The van der Waals surface area contributed by atoms with Crippen LogP contribution in [0.1, 0.15) is 26.5 Å². The monoisotopic (exact) mass is 378 g/mol. The molecule has 6 heteroatoms. The number of aryl methyl sites for hydroxylation is 1. The molecule has 2 aliphatic rings. The van der Waals surface area contributed by atoms with Gasteiger partial charge in [0.25, 0.3) is 5.91 Å². The molecule has 136 valence electrons. The Morgan fingerprint density at radius 2 is 1.85 bits per heavy atom. The highest BCUT2D eigenvalue weighted by atomic mass is 32.1. The Kier molecular flexibility index (Phi) is 3.86. The molecular weight excluding hydrogens is 360 g/mol. The average Bonchev–Trinajstić information content (AvgIpc) is 3.31. The van der Waals surface area contributed by atoms with E-state index in [4.69, 9.17) is 9.47 Å². The van der Waals surface area contributed by atoms with Crippen LogP contribution in [0.5, 0.6) is 11.5 Å². The van der Waals surface area contributed by atoms with E-state index in [0.29, 0.717) is 13.1 Å². The van der Waals surface area contributed by atoms with E-state index in [0.717, 1.165) is 44.6 Å². The van der Waals surface area contributed by atoms with Gasteiger partial charge in [0, 0.05) is 18.7 Å². The first kappa shape index (κ1) is 16.3. The first-order chi connectivity index (χ1) is 13.2. The minimum Gasteiger partial charge on any atom is -0.454 e. The number of fused-ring (bicyclic) bond motifs is 2. The highest BCUT2D eigenvalue weighted by molar-refractivity contribution is 7.17. The molecule has 3 aromatic rings. The van der Waals surface area contributed by atoms with Gasteiger partial charge in [-0.3, -0.25) is 4.79 Å². The number of ether oxygens (including phenoxy) is 2. The maximum atomic E-state index is 13.1. The standard InChI is InChI=1S/C21H18N2O3S/c1-13-19(27-20(22-13)14-5-3-2-4-6-14)21(24)23-8-7-15-9-17-18(26-12-25-17)10-16(15)11-23/h2-6,9-10H,7-8,11-12H2,1H3. The number of carbonyl (C=O) groups is 1. The van der Waals surface area contributed by atoms with E-state index in [1.165, 1.54) is 16.9 Å². The highest BCUT2D eigenvalue weighted by Crippen LogP contribution is 2.37. The van der Waals surface area contributed by atoms with Gasteiger partial charge in [-0.2, -0.15) is 0 Å². The average molecular weight is 378 g/mol. The molecule has 0 saturated heterocycles. The Balaban J connectivity index is 1.41. The fourth-order valence-electron chi connectivity index (χ4n) is 3.56. The van der Waals surface area contributed by atoms with Gasteiger partial charge in [-0.1, -0.05) is 30.3 Å². The molecule has 1 aromatic heterocycles. The Bertz CT molecular complexity index is 1030. The van der Waals surface area contributed by atoms with Crippen molar-refractivity contribution in [2.45, 2.75) is 19.9 Å². The Labute approximate surface area is 161 Å². The molecule has 0 fully saturated rings. The van der Waals surface area contributed by atoms with E-state index in [-0.39, 0.29) is 12.7 Å². The van der Waals surface area contributed by atoms with Gasteiger partial charge < -0.3 is 14.4 Å². The third-order valence-electron chi connectivity index (χ3n) is 5.01. The lowest BCUT2D eigenvalue weighted by Gasteiger charge is -2.28. The van der Waals surface area contributed by atoms with Crippen LogP contribution in [0.3, 0.4) is 0 Å². The third-order valence-corrected chi connectivity index (χ3v) is 6.20. The molecule has 27 heavy (non-hydrogen) atoms. The minimum atomic E-state index is 0.0514. The topological polar surface area (TPSA) is 51.7 Å². The number of nitrogens with zero attached hydrogens (tertiary/aromatic N) is 2. The summed E-state index contributed by atoms with van der Waals surface area (Å²) in [7, 11) is 0. The summed E-state index contributed by atoms with van der Waals surface area (Å²) in [4.78, 5) is 20.4. The molecule has 0 N–H and O–H groups in total. The Morgan fingerprint density at radius 3 is 2.63 bits per heavy atom. The van der Waals surface area contributed by atoms with Crippen LogP contribution in [-0.4, -0.2) is 29.1 Å². The van der Waals surface area contributed by atoms with E-state index < -0.39 is 0 Å². The number of rotatable bonds is 2. The van der Waals surface area contributed by atoms with E-state index in [1.54, 1.807) is 0 Å². The fourth-order valence-corrected chi connectivity index (χ4v) is 4.60. The molecule has 2 aromatic carbocycles. The number of benzene rings is 2. The van der Waals surface area contributed by atoms with Crippen LogP contribution in [0.15, 0.2) is 42.5 Å². The third kappa shape index (κ3) is 2.86. The normalized spacial score (nSPS) is 14.9. The second-order valence-corrected chi connectivity index (χ2v) is 7.75. The van der Waals surface area contributed by atoms with Gasteiger partial charge in [-0.05, 0) is 36.6 Å². The predicted octanol–water partition coefficient (Wildman–Crippen LogP) is 4.05. The van der Waals surface area contributed by atoms with Gasteiger partial charge in [0.15, 0.2) is 11.5 Å². The van der Waals surface area contributed by atoms with E-state index in [1.807, 2.05) is 54.3 Å². The van der Waals surface area contributed by atoms with Crippen LogP contribution in [0, 0.1) is 6.92 Å². The van der Waals surface area contributed by atoms with Crippen molar-refractivity contribution in [2.24, 2.45) is 0 Å². The molecule has 0 spiro atoms. The highest BCUT2D eigenvalue weighted by Gasteiger charge is 2.27. The van der Waals surface area contributed by atoms with Crippen molar-refractivity contribution in [3.63, 3.8) is 0 Å². The molecule has 0 unspecified atom stereocenters. The Morgan fingerprint density at radius 1 is 1.11 bits per heavy atom. The quantitative estimate of drug-likeness (QED) is 0.675. The summed E-state index contributed by atoms with van der Waals surface area (Å²) in [5, 5.41) is 0.886. The largest absolute Gasteiger partial charge is 0.454 e. The van der Waals surface area contributed by atoms with Gasteiger partial charge in [0.1, 0.15) is 9.88 Å². The molecule has 0 bridgehead atoms. The summed E-state index contributed by atoms with van der Waals surface area (Å²) in [6.45, 7) is 3.46. The summed E-state index contributed by atoms with van der Waals surface area (Å²) in [5.74, 6) is 1.62. The van der Waals surface area contributed by atoms with Crippen LogP contribution in [0.25, 0.3) is 10.6 Å². The molecule has 0 atom stereocenters. The van der Waals surface area contributed by atoms with Crippen LogP contribution in [0.2, 0.25) is 0 Å². The molecular formula is C21H18N2O3S. The SMILES string of the molecule is Cc1nc(-c2ccccc2)sc1C(=O)N1CCc2cc3c(cc2C1)OCO3. The zero-order chi connectivity index (χ0) is 18.4. The van der Waals surface area contributed by atoms with Gasteiger partial charge >= 0.3 is 0 Å². The Hall–Kier alpha value is -2.86. The molecule has 5 nitrogen and oxygen atoms in total. The van der Waals surface area contributed by atoms with Crippen molar-refractivity contribution < 1.29 is 14.3 Å². The number of amides is 1. The van der Waals surface area contributed by atoms with Crippen LogP contribution in [-0.2, 0) is 13.0 Å². The second kappa shape index (κ2) is 6.39. The first-order valence-electron chi connectivity index (χ1n) is 8.92. The van der Waals surface area contributed by atoms with Crippen molar-refractivity contribution >= 4 is 17.2 Å². The number of carbonyl (C=O) groups excluding carboxylic acids is 1. The number of aromatic nitrogens is 1. The lowest BCUT2D eigenvalue weighted by atomic mass is 9.98. The molecule has 0 radical (unpaired) electrons. The second-order valence-electron chi connectivity index (χ2n) is 6.75. The van der Waals surface area contributed by atoms with Crippen molar-refractivity contribution in [3.8, 4) is 22.1 Å². The smallest absolute Gasteiger partial charge is 0.266 e. The van der Waals surface area contributed by atoms with E-state index >= 15 is 0 Å². The first-order valence-corrected chi connectivity index (χ1v) is 9.74. The number of thiazole rings is 1. The predicted molar refractivity (Wildman–Crippen MR) is 103 cm³/mol. The zero-order valence-electron chi connectivity index (χ0n) is 14.9. The van der Waals surface area contributed by atoms with Crippen LogP contribution < -0.4 is 9.47 Å². The van der Waals surface area contributed by atoms with E-state index in [2.05, 4.69) is 4.98 Å². The summed E-state index contributed by atoms with van der Waals surface area (Å²) >= 11 is 1.47. The molecule has 1 amide bonds. The van der Waals surface area contributed by atoms with Gasteiger partial charge in [-0.25, -0.2) is 4.98 Å². The molecule has 0 saturated carbocycles. The van der Waals surface area contributed by atoms with Gasteiger partial charge in [-0.15, -0.1) is 11.3 Å². The maximum Gasteiger partial charge on any atom is 0.266 e. The molecule has 0 aliphatic carbocycles. The van der Waals surface area contributed by atoms with Crippen molar-refractivity contribution in [1.29, 1.82) is 0 Å². The summed E-state index contributed by atoms with van der Waals surface area (Å²) in [6.07, 6.45) is 0.821. The summed E-state index contributed by atoms with van der Waals surface area (Å²) in [5.41, 5.74) is 4.19. The zero-order valence-corrected chi connectivity index (χ0v) is 15.7. The summed E-state index contributed by atoms with van der Waals surface area (Å²) < 4.78 is 10.9. The van der Waals surface area contributed by atoms with Crippen LogP contribution >= 0.6 is 11.3 Å². The number of hydrogen-bond donors (Lipinski definition) is 0. The molecule has 2 aliphatic heterocycles. The lowest BCUT2D eigenvalue weighted by molar-refractivity contribution is 0.0738. The van der Waals surface area contributed by atoms with E-state index in [9.17, 15) is 4.79 Å². The fraction of sp³-hybridized carbons (Fsp3) is 0.238. The van der Waals surface area contributed by atoms with Crippen LogP contribution in [0.4, 0.5) is 0 Å². The number of hydrogen-bond acceptors (Lipinski definition) is 5. The minimum absolute atomic E-state index is 0.0514.